The van der Waals surface area contributed by atoms with Gasteiger partial charge < -0.3 is 15.7 Å². The van der Waals surface area contributed by atoms with Gasteiger partial charge in [0.2, 0.25) is 5.91 Å². The molecule has 0 aromatic heterocycles. The van der Waals surface area contributed by atoms with Crippen molar-refractivity contribution in [1.29, 1.82) is 0 Å². The average Bonchev–Trinajstić information content (AvgIpc) is 2.77. The first-order chi connectivity index (χ1) is 16.0. The third kappa shape index (κ3) is 15.5. The zero-order chi connectivity index (χ0) is 26.7. The van der Waals surface area contributed by atoms with E-state index in [0.717, 1.165) is 37.1 Å². The number of amides is 2. The van der Waals surface area contributed by atoms with Gasteiger partial charge in [-0.2, -0.15) is 5.10 Å². The third-order valence-electron chi connectivity index (χ3n) is 3.76. The van der Waals surface area contributed by atoms with E-state index in [9.17, 15) is 23.5 Å². The number of nitrogens with one attached hydrogen (secondary N) is 3. The highest BCUT2D eigenvalue weighted by atomic mass is 19.1. The molecule has 2 atom stereocenters. The van der Waals surface area contributed by atoms with E-state index in [1.165, 1.54) is 6.92 Å². The number of aliphatic hydroxyl groups is 1. The highest BCUT2D eigenvalue weighted by molar-refractivity contribution is 5.90. The number of carbonyl (C=O) groups excluding carboxylic acids is 2. The van der Waals surface area contributed by atoms with Crippen molar-refractivity contribution >= 4 is 17.5 Å². The summed E-state index contributed by atoms with van der Waals surface area (Å²) in [7, 11) is 0. The highest BCUT2D eigenvalue weighted by Gasteiger charge is 2.23. The van der Waals surface area contributed by atoms with Gasteiger partial charge in [-0.05, 0) is 51.3 Å². The van der Waals surface area contributed by atoms with Crippen LogP contribution in [0.3, 0.4) is 0 Å². The van der Waals surface area contributed by atoms with E-state index in [2.05, 4.69) is 47.8 Å². The van der Waals surface area contributed by atoms with Gasteiger partial charge in [-0.1, -0.05) is 39.0 Å². The molecule has 190 valence electrons. The monoisotopic (exact) mass is 480 g/mol. The van der Waals surface area contributed by atoms with E-state index < -0.39 is 35.6 Å². The molecule has 0 aliphatic heterocycles. The van der Waals surface area contributed by atoms with Crippen LogP contribution in [0.25, 0.3) is 0 Å². The number of hydrogen-bond acceptors (Lipinski definition) is 5. The number of carbonyl (C=O) groups is 2. The van der Waals surface area contributed by atoms with E-state index in [1.54, 1.807) is 6.08 Å². The summed E-state index contributed by atoms with van der Waals surface area (Å²) in [5.41, 5.74) is 3.16. The summed E-state index contributed by atoms with van der Waals surface area (Å²) in [6.45, 7) is 19.6. The van der Waals surface area contributed by atoms with E-state index >= 15 is 0 Å². The summed E-state index contributed by atoms with van der Waals surface area (Å²) >= 11 is 0. The standard InChI is InChI=1S/C18H24F2N4O3.C4H8.C3H6/c1-5-6-10(2)23-24-12(4)22-17(26)11(3)21-18(27)16(25)13-7-14(19)9-15(20)8-13;1-3-4-2;1-3-2/h7-9,11,16,24-25H,4-6H2,1-3H3,(H,21,27)(H,22,26);3H,1,4H2,2H3;3H,1H2,2H3/b23-10+;;/t11-,16?;;/m0../s1. The number of rotatable bonds is 10. The van der Waals surface area contributed by atoms with Crippen molar-refractivity contribution in [3.05, 3.63) is 73.1 Å². The molecule has 0 spiro atoms. The normalized spacial score (nSPS) is 11.8. The van der Waals surface area contributed by atoms with Crippen LogP contribution >= 0.6 is 0 Å². The Morgan fingerprint density at radius 3 is 2.09 bits per heavy atom. The van der Waals surface area contributed by atoms with Crippen LogP contribution in [-0.4, -0.2) is 28.7 Å². The molecule has 2 amide bonds. The van der Waals surface area contributed by atoms with Crippen molar-refractivity contribution in [3.63, 3.8) is 0 Å². The first kappa shape index (κ1) is 32.8. The summed E-state index contributed by atoms with van der Waals surface area (Å²) in [5.74, 6) is -3.32. The maximum atomic E-state index is 13.2. The summed E-state index contributed by atoms with van der Waals surface area (Å²) in [6.07, 6.45) is 4.60. The van der Waals surface area contributed by atoms with Gasteiger partial charge in [-0.3, -0.25) is 15.0 Å². The van der Waals surface area contributed by atoms with Gasteiger partial charge >= 0.3 is 0 Å². The average molecular weight is 481 g/mol. The van der Waals surface area contributed by atoms with E-state index in [4.69, 9.17) is 0 Å². The lowest BCUT2D eigenvalue weighted by atomic mass is 10.1. The van der Waals surface area contributed by atoms with Gasteiger partial charge in [0.1, 0.15) is 23.5 Å². The Balaban J connectivity index is 0. The molecule has 0 radical (unpaired) electrons. The molecule has 0 saturated heterocycles. The Kier molecular flexibility index (Phi) is 18.5. The van der Waals surface area contributed by atoms with Crippen molar-refractivity contribution in [2.75, 3.05) is 0 Å². The van der Waals surface area contributed by atoms with Gasteiger partial charge in [0.05, 0.1) is 0 Å². The van der Waals surface area contributed by atoms with Crippen molar-refractivity contribution in [2.24, 2.45) is 5.10 Å². The zero-order valence-electron chi connectivity index (χ0n) is 20.8. The van der Waals surface area contributed by atoms with Crippen molar-refractivity contribution in [2.45, 2.75) is 66.0 Å². The SMILES string of the molecule is C=C(N/N=C(\C)CCC)NC(=O)[C@H](C)NC(=O)C(O)c1cc(F)cc(F)c1.C=CC.C=CCC. The molecule has 0 heterocycles. The lowest BCUT2D eigenvalue weighted by Crippen LogP contribution is -2.47. The number of allylic oxidation sites excluding steroid dienone is 2. The molecule has 34 heavy (non-hydrogen) atoms. The summed E-state index contributed by atoms with van der Waals surface area (Å²) in [5, 5.41) is 18.6. The van der Waals surface area contributed by atoms with Gasteiger partial charge in [-0.25, -0.2) is 8.78 Å². The fourth-order valence-corrected chi connectivity index (χ4v) is 2.11. The van der Waals surface area contributed by atoms with Crippen LogP contribution in [0, 0.1) is 11.6 Å². The van der Waals surface area contributed by atoms with Crippen LogP contribution in [0.4, 0.5) is 8.78 Å². The number of aliphatic hydroxyl groups excluding tert-OH is 1. The molecule has 0 bridgehead atoms. The topological polar surface area (TPSA) is 103 Å². The zero-order valence-corrected chi connectivity index (χ0v) is 20.8. The van der Waals surface area contributed by atoms with E-state index in [0.29, 0.717) is 6.07 Å². The second-order valence-corrected chi connectivity index (χ2v) is 7.12. The number of benzene rings is 1. The molecular formula is C25H38F2N4O3. The molecule has 1 rings (SSSR count). The van der Waals surface area contributed by atoms with E-state index in [-0.39, 0.29) is 11.4 Å². The van der Waals surface area contributed by atoms with Crippen LogP contribution in [0.5, 0.6) is 0 Å². The molecule has 9 heteroatoms. The molecule has 0 aliphatic carbocycles. The molecule has 0 fully saturated rings. The molecule has 4 N–H and O–H groups in total. The number of hydrazone groups is 1. The van der Waals surface area contributed by atoms with Gasteiger partial charge in [0.15, 0.2) is 6.10 Å². The molecule has 7 nitrogen and oxygen atoms in total. The van der Waals surface area contributed by atoms with Crippen LogP contribution in [0.15, 0.2) is 61.0 Å². The molecule has 0 aliphatic rings. The van der Waals surface area contributed by atoms with Crippen LogP contribution in [-0.2, 0) is 9.59 Å². The fraction of sp³-hybridized carbons (Fsp3) is 0.400. The van der Waals surface area contributed by atoms with Crippen molar-refractivity contribution in [3.8, 4) is 0 Å². The minimum atomic E-state index is -1.83. The van der Waals surface area contributed by atoms with E-state index in [1.807, 2.05) is 26.8 Å². The predicted molar refractivity (Wildman–Crippen MR) is 134 cm³/mol. The Hall–Kier alpha value is -3.33. The lowest BCUT2D eigenvalue weighted by molar-refractivity contribution is -0.133. The maximum Gasteiger partial charge on any atom is 0.254 e. The number of halogens is 2. The quantitative estimate of drug-likeness (QED) is 0.223. The molecule has 0 saturated carbocycles. The highest BCUT2D eigenvalue weighted by Crippen LogP contribution is 2.16. The minimum Gasteiger partial charge on any atom is -0.378 e. The smallest absolute Gasteiger partial charge is 0.254 e. The first-order valence-electron chi connectivity index (χ1n) is 10.9. The van der Waals surface area contributed by atoms with Gasteiger partial charge in [-0.15, -0.1) is 13.2 Å². The summed E-state index contributed by atoms with van der Waals surface area (Å²) < 4.78 is 26.4. The minimum absolute atomic E-state index is 0.115. The van der Waals surface area contributed by atoms with Gasteiger partial charge in [0, 0.05) is 11.8 Å². The van der Waals surface area contributed by atoms with Crippen molar-refractivity contribution in [1.82, 2.24) is 16.1 Å². The maximum absolute atomic E-state index is 13.2. The molecule has 1 aromatic carbocycles. The summed E-state index contributed by atoms with van der Waals surface area (Å²) in [4.78, 5) is 24.1. The Labute approximate surface area is 201 Å². The van der Waals surface area contributed by atoms with Gasteiger partial charge in [0.25, 0.3) is 5.91 Å². The third-order valence-corrected chi connectivity index (χ3v) is 3.76. The second-order valence-electron chi connectivity index (χ2n) is 7.12. The predicted octanol–water partition coefficient (Wildman–Crippen LogP) is 4.63. The summed E-state index contributed by atoms with van der Waals surface area (Å²) in [6, 6.07) is 1.25. The molecule has 1 aromatic rings. The Morgan fingerprint density at radius 2 is 1.65 bits per heavy atom. The van der Waals surface area contributed by atoms with Crippen LogP contribution < -0.4 is 16.1 Å². The Bertz CT molecular complexity index is 821. The number of hydrogen-bond donors (Lipinski definition) is 4. The fourth-order valence-electron chi connectivity index (χ4n) is 2.11. The molecule has 1 unspecified atom stereocenters. The second kappa shape index (κ2) is 19.2. The number of nitrogens with zero attached hydrogens (tertiary/aromatic N) is 1. The van der Waals surface area contributed by atoms with Crippen molar-refractivity contribution < 1.29 is 23.5 Å². The lowest BCUT2D eigenvalue weighted by Gasteiger charge is -2.17. The Morgan fingerprint density at radius 1 is 1.15 bits per heavy atom. The van der Waals surface area contributed by atoms with Crippen LogP contribution in [0.2, 0.25) is 0 Å². The molecular weight excluding hydrogens is 442 g/mol. The van der Waals surface area contributed by atoms with Crippen LogP contribution in [0.1, 0.15) is 65.5 Å². The largest absolute Gasteiger partial charge is 0.378 e. The first-order valence-corrected chi connectivity index (χ1v) is 10.9.